The highest BCUT2D eigenvalue weighted by Crippen LogP contribution is 2.59. The minimum Gasteiger partial charge on any atom is -0.465 e. The first-order valence-electron chi connectivity index (χ1n) is 14.3. The van der Waals surface area contributed by atoms with Crippen LogP contribution < -0.4 is 0 Å². The van der Waals surface area contributed by atoms with Crippen molar-refractivity contribution in [3.63, 3.8) is 0 Å². The van der Waals surface area contributed by atoms with E-state index in [-0.39, 0.29) is 29.3 Å². The van der Waals surface area contributed by atoms with Crippen molar-refractivity contribution >= 4 is 11.8 Å². The SMILES string of the molecule is CC(C)CCC[C@@H](C)[C@H]1CC(=O)[C@H]2[C@H](CCOC(=O)C(C)(C)C)[C@H](OCc3ccccc3)CC[C@]12C. The molecule has 6 atom stereocenters. The Kier molecular flexibility index (Phi) is 9.82. The first-order chi connectivity index (χ1) is 16.9. The van der Waals surface area contributed by atoms with Crippen molar-refractivity contribution in [3.05, 3.63) is 35.9 Å². The second-order valence-corrected chi connectivity index (χ2v) is 13.3. The summed E-state index contributed by atoms with van der Waals surface area (Å²) in [5.74, 6) is 1.98. The molecule has 0 aliphatic heterocycles. The third kappa shape index (κ3) is 7.00. The third-order valence-electron chi connectivity index (χ3n) is 8.93. The summed E-state index contributed by atoms with van der Waals surface area (Å²) in [4.78, 5) is 26.1. The van der Waals surface area contributed by atoms with E-state index in [2.05, 4.69) is 39.8 Å². The molecule has 202 valence electrons. The van der Waals surface area contributed by atoms with Crippen LogP contribution in [0, 0.1) is 40.4 Å². The highest BCUT2D eigenvalue weighted by atomic mass is 16.5. The number of Topliss-reactive ketones (excluding diaryl/α,β-unsaturated/α-hetero) is 1. The molecule has 3 rings (SSSR count). The lowest BCUT2D eigenvalue weighted by Gasteiger charge is -2.48. The second-order valence-electron chi connectivity index (χ2n) is 13.3. The lowest BCUT2D eigenvalue weighted by atomic mass is 9.57. The summed E-state index contributed by atoms with van der Waals surface area (Å²) in [7, 11) is 0. The van der Waals surface area contributed by atoms with Crippen molar-refractivity contribution in [2.75, 3.05) is 6.61 Å². The van der Waals surface area contributed by atoms with E-state index in [0.29, 0.717) is 43.7 Å². The van der Waals surface area contributed by atoms with E-state index >= 15 is 0 Å². The molecule has 0 spiro atoms. The first-order valence-corrected chi connectivity index (χ1v) is 14.3. The fourth-order valence-corrected chi connectivity index (χ4v) is 6.87. The number of esters is 1. The molecule has 4 nitrogen and oxygen atoms in total. The fourth-order valence-electron chi connectivity index (χ4n) is 6.87. The molecule has 0 radical (unpaired) electrons. The van der Waals surface area contributed by atoms with Crippen LogP contribution >= 0.6 is 0 Å². The Labute approximate surface area is 219 Å². The Hall–Kier alpha value is -1.68. The Bertz CT molecular complexity index is 855. The third-order valence-corrected chi connectivity index (χ3v) is 8.93. The van der Waals surface area contributed by atoms with Crippen LogP contribution in [-0.4, -0.2) is 24.5 Å². The lowest BCUT2D eigenvalue weighted by molar-refractivity contribution is -0.155. The van der Waals surface area contributed by atoms with Crippen molar-refractivity contribution in [3.8, 4) is 0 Å². The van der Waals surface area contributed by atoms with E-state index in [1.165, 1.54) is 19.3 Å². The van der Waals surface area contributed by atoms with E-state index in [1.54, 1.807) is 0 Å². The minimum absolute atomic E-state index is 0.000357. The number of carbonyl (C=O) groups excluding carboxylic acids is 2. The van der Waals surface area contributed by atoms with Gasteiger partial charge in [0.05, 0.1) is 24.7 Å². The zero-order chi connectivity index (χ0) is 26.5. The van der Waals surface area contributed by atoms with Crippen LogP contribution in [0.15, 0.2) is 30.3 Å². The van der Waals surface area contributed by atoms with E-state index < -0.39 is 5.41 Å². The number of hydrogen-bond donors (Lipinski definition) is 0. The lowest BCUT2D eigenvalue weighted by Crippen LogP contribution is -2.48. The van der Waals surface area contributed by atoms with Gasteiger partial charge in [-0.1, -0.05) is 77.3 Å². The van der Waals surface area contributed by atoms with Crippen LogP contribution in [-0.2, 0) is 25.7 Å². The predicted molar refractivity (Wildman–Crippen MR) is 145 cm³/mol. The van der Waals surface area contributed by atoms with Gasteiger partial charge in [-0.2, -0.15) is 0 Å². The molecule has 0 N–H and O–H groups in total. The summed E-state index contributed by atoms with van der Waals surface area (Å²) >= 11 is 0. The molecule has 2 aliphatic rings. The number of ketones is 1. The summed E-state index contributed by atoms with van der Waals surface area (Å²) in [6.45, 7) is 15.8. The van der Waals surface area contributed by atoms with Gasteiger partial charge in [0, 0.05) is 12.3 Å². The molecule has 36 heavy (non-hydrogen) atoms. The van der Waals surface area contributed by atoms with Gasteiger partial charge >= 0.3 is 5.97 Å². The quantitative estimate of drug-likeness (QED) is 0.294. The van der Waals surface area contributed by atoms with Crippen molar-refractivity contribution in [1.82, 2.24) is 0 Å². The molecule has 0 heterocycles. The molecule has 0 saturated heterocycles. The molecule has 0 unspecified atom stereocenters. The molecule has 0 amide bonds. The van der Waals surface area contributed by atoms with Gasteiger partial charge in [-0.3, -0.25) is 9.59 Å². The van der Waals surface area contributed by atoms with Gasteiger partial charge in [0.1, 0.15) is 5.78 Å². The number of ether oxygens (including phenoxy) is 2. The molecule has 1 aromatic carbocycles. The van der Waals surface area contributed by atoms with Gasteiger partial charge in [-0.05, 0) is 74.7 Å². The number of hydrogen-bond acceptors (Lipinski definition) is 4. The summed E-state index contributed by atoms with van der Waals surface area (Å²) in [6, 6.07) is 10.3. The highest BCUT2D eigenvalue weighted by molar-refractivity contribution is 5.85. The maximum Gasteiger partial charge on any atom is 0.311 e. The van der Waals surface area contributed by atoms with Crippen molar-refractivity contribution in [1.29, 1.82) is 0 Å². The van der Waals surface area contributed by atoms with E-state index in [9.17, 15) is 9.59 Å². The van der Waals surface area contributed by atoms with Gasteiger partial charge in [0.15, 0.2) is 0 Å². The number of fused-ring (bicyclic) bond motifs is 1. The van der Waals surface area contributed by atoms with Crippen LogP contribution in [0.3, 0.4) is 0 Å². The molecular weight excluding hydrogens is 448 g/mol. The first kappa shape index (κ1) is 28.9. The van der Waals surface area contributed by atoms with Gasteiger partial charge in [-0.25, -0.2) is 0 Å². The number of carbonyl (C=O) groups is 2. The molecule has 1 aromatic rings. The summed E-state index contributed by atoms with van der Waals surface area (Å²) in [6.07, 6.45) is 7.05. The van der Waals surface area contributed by atoms with Gasteiger partial charge in [0.2, 0.25) is 0 Å². The Morgan fingerprint density at radius 3 is 2.44 bits per heavy atom. The summed E-state index contributed by atoms with van der Waals surface area (Å²) in [5.41, 5.74) is 0.627. The van der Waals surface area contributed by atoms with Gasteiger partial charge < -0.3 is 9.47 Å². The molecule has 2 saturated carbocycles. The van der Waals surface area contributed by atoms with Crippen LogP contribution in [0.1, 0.15) is 99.0 Å². The minimum atomic E-state index is -0.524. The van der Waals surface area contributed by atoms with E-state index in [4.69, 9.17) is 9.47 Å². The average Bonchev–Trinajstić information content (AvgIpc) is 3.08. The van der Waals surface area contributed by atoms with Crippen LogP contribution in [0.4, 0.5) is 0 Å². The smallest absolute Gasteiger partial charge is 0.311 e. The Balaban J connectivity index is 1.75. The average molecular weight is 499 g/mol. The summed E-state index contributed by atoms with van der Waals surface area (Å²) < 4.78 is 12.2. The molecule has 0 aromatic heterocycles. The Morgan fingerprint density at radius 2 is 1.81 bits per heavy atom. The fraction of sp³-hybridized carbons (Fsp3) is 0.750. The van der Waals surface area contributed by atoms with Crippen molar-refractivity contribution < 1.29 is 19.1 Å². The topological polar surface area (TPSA) is 52.6 Å². The molecule has 4 heteroatoms. The highest BCUT2D eigenvalue weighted by Gasteiger charge is 2.59. The normalized spacial score (nSPS) is 29.3. The monoisotopic (exact) mass is 498 g/mol. The van der Waals surface area contributed by atoms with Crippen LogP contribution in [0.5, 0.6) is 0 Å². The van der Waals surface area contributed by atoms with Crippen molar-refractivity contribution in [2.24, 2.45) is 40.4 Å². The molecule has 2 fully saturated rings. The standard InChI is InChI=1S/C32H50O4/c1-22(2)12-11-13-23(3)26-20-27(33)29-25(17-19-35-30(34)31(4,5)6)28(16-18-32(26,29)7)36-21-24-14-9-8-10-15-24/h8-10,14-15,22-23,25-26,28-29H,11-13,16-21H2,1-7H3/t23-,25-,26-,28-,29-,32-/m1/s1. The number of rotatable bonds is 11. The molecule has 0 bridgehead atoms. The van der Waals surface area contributed by atoms with Crippen LogP contribution in [0.25, 0.3) is 0 Å². The maximum atomic E-state index is 13.6. The molecule has 2 aliphatic carbocycles. The zero-order valence-electron chi connectivity index (χ0n) is 23.8. The largest absolute Gasteiger partial charge is 0.465 e. The van der Waals surface area contributed by atoms with E-state index in [0.717, 1.165) is 24.3 Å². The predicted octanol–water partition coefficient (Wildman–Crippen LogP) is 7.64. The second kappa shape index (κ2) is 12.2. The van der Waals surface area contributed by atoms with Crippen molar-refractivity contribution in [2.45, 2.75) is 106 Å². The van der Waals surface area contributed by atoms with Crippen LogP contribution in [0.2, 0.25) is 0 Å². The van der Waals surface area contributed by atoms with Gasteiger partial charge in [-0.15, -0.1) is 0 Å². The maximum absolute atomic E-state index is 13.6. The van der Waals surface area contributed by atoms with E-state index in [1.807, 2.05) is 39.0 Å². The zero-order valence-corrected chi connectivity index (χ0v) is 23.8. The van der Waals surface area contributed by atoms with Gasteiger partial charge in [0.25, 0.3) is 0 Å². The molecular formula is C32H50O4. The number of benzene rings is 1. The Morgan fingerprint density at radius 1 is 1.11 bits per heavy atom. The summed E-state index contributed by atoms with van der Waals surface area (Å²) in [5, 5.41) is 0.